The predicted molar refractivity (Wildman–Crippen MR) is 186 cm³/mol. The van der Waals surface area contributed by atoms with Crippen LogP contribution >= 0.6 is 0 Å². The summed E-state index contributed by atoms with van der Waals surface area (Å²) in [6, 6.07) is 52.9. The average Bonchev–Trinajstić information content (AvgIpc) is 3.51. The third kappa shape index (κ3) is 4.35. The van der Waals surface area contributed by atoms with E-state index < -0.39 is 0 Å². The molecular formula is C41H26N4. The van der Waals surface area contributed by atoms with Crippen molar-refractivity contribution in [1.82, 2.24) is 19.9 Å². The second kappa shape index (κ2) is 10.2. The lowest BCUT2D eigenvalue weighted by molar-refractivity contribution is 1.07. The molecule has 4 nitrogen and oxygen atoms in total. The van der Waals surface area contributed by atoms with E-state index in [9.17, 15) is 0 Å². The maximum Gasteiger partial charge on any atom is 0.164 e. The maximum atomic E-state index is 4.94. The standard InChI is InChI=1S/C41H26N4/c1-3-10-27(11-4-1)39-43-40(28-12-5-2-6-13-28)45-41(44-39)32-15-9-14-29(25-32)30-20-22-33-31(24-30)19-18-26-21-23-36-38(37(26)33)34-16-7-8-17-35(34)42-36/h1-25,42H. The van der Waals surface area contributed by atoms with Gasteiger partial charge in [-0.25, -0.2) is 15.0 Å². The molecule has 0 fully saturated rings. The second-order valence-electron chi connectivity index (χ2n) is 11.4. The zero-order valence-corrected chi connectivity index (χ0v) is 24.3. The third-order valence-electron chi connectivity index (χ3n) is 8.62. The molecule has 0 saturated carbocycles. The van der Waals surface area contributed by atoms with Crippen molar-refractivity contribution in [3.05, 3.63) is 152 Å². The molecule has 2 aromatic heterocycles. The Bertz CT molecular complexity index is 2470. The molecule has 0 aliphatic carbocycles. The van der Waals surface area contributed by atoms with Gasteiger partial charge in [-0.05, 0) is 56.9 Å². The summed E-state index contributed by atoms with van der Waals surface area (Å²) >= 11 is 0. The summed E-state index contributed by atoms with van der Waals surface area (Å²) in [5.74, 6) is 1.97. The van der Waals surface area contributed by atoms with Crippen LogP contribution in [0, 0.1) is 0 Å². The van der Waals surface area contributed by atoms with Crippen LogP contribution in [-0.4, -0.2) is 19.9 Å². The molecule has 4 heteroatoms. The van der Waals surface area contributed by atoms with E-state index in [0.29, 0.717) is 17.5 Å². The smallest absolute Gasteiger partial charge is 0.164 e. The Morgan fingerprint density at radius 3 is 1.67 bits per heavy atom. The second-order valence-corrected chi connectivity index (χ2v) is 11.4. The number of para-hydroxylation sites is 1. The number of aromatic nitrogens is 4. The highest BCUT2D eigenvalue weighted by atomic mass is 15.0. The molecule has 0 radical (unpaired) electrons. The van der Waals surface area contributed by atoms with E-state index in [1.54, 1.807) is 0 Å². The van der Waals surface area contributed by atoms with Gasteiger partial charge >= 0.3 is 0 Å². The minimum Gasteiger partial charge on any atom is -0.354 e. The minimum absolute atomic E-state index is 0.651. The van der Waals surface area contributed by atoms with Gasteiger partial charge in [-0.3, -0.25) is 0 Å². The Morgan fingerprint density at radius 1 is 0.333 bits per heavy atom. The molecule has 1 N–H and O–H groups in total. The van der Waals surface area contributed by atoms with Crippen molar-refractivity contribution < 1.29 is 0 Å². The number of nitrogens with one attached hydrogen (secondary N) is 1. The summed E-state index contributed by atoms with van der Waals surface area (Å²) in [4.78, 5) is 18.3. The van der Waals surface area contributed by atoms with Gasteiger partial charge in [-0.15, -0.1) is 0 Å². The molecule has 0 saturated heterocycles. The zero-order valence-electron chi connectivity index (χ0n) is 24.3. The van der Waals surface area contributed by atoms with Crippen LogP contribution in [0.5, 0.6) is 0 Å². The number of fused-ring (bicyclic) bond motifs is 7. The number of benzene rings is 7. The molecule has 45 heavy (non-hydrogen) atoms. The fourth-order valence-electron chi connectivity index (χ4n) is 6.45. The largest absolute Gasteiger partial charge is 0.354 e. The van der Waals surface area contributed by atoms with Gasteiger partial charge < -0.3 is 4.98 Å². The SMILES string of the molecule is c1ccc(-c2nc(-c3ccccc3)nc(-c3cccc(-c4ccc5c(ccc6ccc7[nH]c8ccccc8c7c65)c4)c3)n2)cc1. The lowest BCUT2D eigenvalue weighted by atomic mass is 9.94. The molecule has 0 unspecified atom stereocenters. The van der Waals surface area contributed by atoms with E-state index in [-0.39, 0.29) is 0 Å². The number of rotatable bonds is 4. The highest BCUT2D eigenvalue weighted by Gasteiger charge is 2.14. The molecule has 0 spiro atoms. The summed E-state index contributed by atoms with van der Waals surface area (Å²) in [5.41, 5.74) is 7.45. The van der Waals surface area contributed by atoms with Crippen LogP contribution in [0.4, 0.5) is 0 Å². The van der Waals surface area contributed by atoms with Crippen molar-refractivity contribution in [1.29, 1.82) is 0 Å². The van der Waals surface area contributed by atoms with Crippen LogP contribution in [0.2, 0.25) is 0 Å². The number of nitrogens with zero attached hydrogens (tertiary/aromatic N) is 3. The quantitative estimate of drug-likeness (QED) is 0.213. The van der Waals surface area contributed by atoms with Gasteiger partial charge in [0.15, 0.2) is 17.5 Å². The van der Waals surface area contributed by atoms with Gasteiger partial charge in [0.2, 0.25) is 0 Å². The van der Waals surface area contributed by atoms with Gasteiger partial charge in [0.25, 0.3) is 0 Å². The number of aromatic amines is 1. The monoisotopic (exact) mass is 574 g/mol. The first-order chi connectivity index (χ1) is 22.3. The highest BCUT2D eigenvalue weighted by molar-refractivity contribution is 6.27. The van der Waals surface area contributed by atoms with Gasteiger partial charge in [-0.1, -0.05) is 127 Å². The molecular weight excluding hydrogens is 548 g/mol. The Hall–Kier alpha value is -6.13. The summed E-state index contributed by atoms with van der Waals surface area (Å²) in [6.45, 7) is 0. The predicted octanol–water partition coefficient (Wildman–Crippen LogP) is 10.5. The van der Waals surface area contributed by atoms with Gasteiger partial charge in [0.05, 0.1) is 0 Å². The third-order valence-corrected chi connectivity index (χ3v) is 8.62. The topological polar surface area (TPSA) is 54.5 Å². The van der Waals surface area contributed by atoms with E-state index in [4.69, 9.17) is 15.0 Å². The molecule has 0 amide bonds. The first-order valence-electron chi connectivity index (χ1n) is 15.1. The van der Waals surface area contributed by atoms with E-state index in [1.807, 2.05) is 60.7 Å². The van der Waals surface area contributed by atoms with Crippen LogP contribution in [0.1, 0.15) is 0 Å². The lowest BCUT2D eigenvalue weighted by Gasteiger charge is -2.11. The van der Waals surface area contributed by atoms with E-state index in [1.165, 1.54) is 32.3 Å². The maximum absolute atomic E-state index is 4.94. The first kappa shape index (κ1) is 25.4. The van der Waals surface area contributed by atoms with Crippen molar-refractivity contribution in [3.63, 3.8) is 0 Å². The van der Waals surface area contributed by atoms with Crippen molar-refractivity contribution in [2.24, 2.45) is 0 Å². The lowest BCUT2D eigenvalue weighted by Crippen LogP contribution is -2.00. The van der Waals surface area contributed by atoms with Gasteiger partial charge in [0.1, 0.15) is 0 Å². The molecule has 0 aliphatic rings. The normalized spacial score (nSPS) is 11.6. The molecule has 7 aromatic carbocycles. The van der Waals surface area contributed by atoms with E-state index in [0.717, 1.165) is 38.9 Å². The Kier molecular flexibility index (Phi) is 5.78. The van der Waals surface area contributed by atoms with Crippen LogP contribution in [0.3, 0.4) is 0 Å². The van der Waals surface area contributed by atoms with Crippen LogP contribution < -0.4 is 0 Å². The Balaban J connectivity index is 1.18. The summed E-state index contributed by atoms with van der Waals surface area (Å²) < 4.78 is 0. The number of hydrogen-bond donors (Lipinski definition) is 1. The average molecular weight is 575 g/mol. The number of hydrogen-bond acceptors (Lipinski definition) is 3. The molecule has 210 valence electrons. The Morgan fingerprint density at radius 2 is 0.911 bits per heavy atom. The zero-order chi connectivity index (χ0) is 29.7. The van der Waals surface area contributed by atoms with Gasteiger partial charge in [0, 0.05) is 38.5 Å². The molecule has 2 heterocycles. The Labute approximate surface area is 259 Å². The van der Waals surface area contributed by atoms with Crippen molar-refractivity contribution in [3.8, 4) is 45.3 Å². The fraction of sp³-hybridized carbons (Fsp3) is 0. The highest BCUT2D eigenvalue weighted by Crippen LogP contribution is 2.38. The molecule has 9 rings (SSSR count). The fourth-order valence-corrected chi connectivity index (χ4v) is 6.45. The molecule has 0 atom stereocenters. The van der Waals surface area contributed by atoms with Crippen molar-refractivity contribution in [2.45, 2.75) is 0 Å². The number of H-pyrrole nitrogens is 1. The van der Waals surface area contributed by atoms with E-state index in [2.05, 4.69) is 96.0 Å². The molecule has 0 aliphatic heterocycles. The van der Waals surface area contributed by atoms with Crippen molar-refractivity contribution in [2.75, 3.05) is 0 Å². The first-order valence-corrected chi connectivity index (χ1v) is 15.1. The molecule has 0 bridgehead atoms. The molecule has 9 aromatic rings. The minimum atomic E-state index is 0.651. The van der Waals surface area contributed by atoms with Gasteiger partial charge in [-0.2, -0.15) is 0 Å². The summed E-state index contributed by atoms with van der Waals surface area (Å²) in [5, 5.41) is 7.52. The van der Waals surface area contributed by atoms with Crippen LogP contribution in [0.25, 0.3) is 88.6 Å². The van der Waals surface area contributed by atoms with Crippen LogP contribution in [-0.2, 0) is 0 Å². The summed E-state index contributed by atoms with van der Waals surface area (Å²) in [6.07, 6.45) is 0. The van der Waals surface area contributed by atoms with E-state index >= 15 is 0 Å². The summed E-state index contributed by atoms with van der Waals surface area (Å²) in [7, 11) is 0. The van der Waals surface area contributed by atoms with Crippen LogP contribution in [0.15, 0.2) is 152 Å². The van der Waals surface area contributed by atoms with Crippen molar-refractivity contribution >= 4 is 43.4 Å².